The van der Waals surface area contributed by atoms with E-state index in [1.807, 2.05) is 6.92 Å². The molecule has 122 valence electrons. The lowest BCUT2D eigenvalue weighted by molar-refractivity contribution is -0.153. The summed E-state index contributed by atoms with van der Waals surface area (Å²) in [6, 6.07) is 0. The van der Waals surface area contributed by atoms with Gasteiger partial charge in [0, 0.05) is 39.2 Å². The fraction of sp³-hybridized carbons (Fsp3) is 0.688. The van der Waals surface area contributed by atoms with Crippen molar-refractivity contribution in [2.75, 3.05) is 26.8 Å². The van der Waals surface area contributed by atoms with Crippen LogP contribution in [0.5, 0.6) is 0 Å². The molecule has 1 N–H and O–H groups in total. The fourth-order valence-electron chi connectivity index (χ4n) is 3.21. The highest BCUT2D eigenvalue weighted by molar-refractivity contribution is 5.75. The van der Waals surface area contributed by atoms with Crippen LogP contribution in [0.15, 0.2) is 12.4 Å². The number of nitrogens with zero attached hydrogens (tertiary/aromatic N) is 3. The average Bonchev–Trinajstić information content (AvgIpc) is 2.50. The van der Waals surface area contributed by atoms with Crippen LogP contribution in [0, 0.1) is 12.3 Å². The van der Waals surface area contributed by atoms with E-state index in [2.05, 4.69) is 14.9 Å². The maximum Gasteiger partial charge on any atom is 0.310 e. The van der Waals surface area contributed by atoms with Crippen molar-refractivity contribution in [3.8, 4) is 0 Å². The maximum atomic E-state index is 11.8. The molecule has 0 aliphatic carbocycles. The standard InChI is InChI=1S/C16H25N3O3/c1-13-14(18-8-7-17-13)11-19-9-3-5-16(12-19,15(20)21)6-4-10-22-2/h7-8H,3-6,9-12H2,1-2H3,(H,20,21)/t16-/m0/s1. The zero-order chi connectivity index (χ0) is 16.0. The number of aryl methyl sites for hydroxylation is 1. The summed E-state index contributed by atoms with van der Waals surface area (Å²) in [6.07, 6.45) is 6.45. The number of rotatable bonds is 7. The minimum absolute atomic E-state index is 0.571. The number of ether oxygens (including phenoxy) is 1. The van der Waals surface area contributed by atoms with Crippen LogP contribution in [0.2, 0.25) is 0 Å². The van der Waals surface area contributed by atoms with Gasteiger partial charge in [-0.2, -0.15) is 0 Å². The zero-order valence-corrected chi connectivity index (χ0v) is 13.4. The van der Waals surface area contributed by atoms with Gasteiger partial charge in [0.1, 0.15) is 0 Å². The molecule has 6 heteroatoms. The molecular weight excluding hydrogens is 282 g/mol. The lowest BCUT2D eigenvalue weighted by Crippen LogP contribution is -2.47. The summed E-state index contributed by atoms with van der Waals surface area (Å²) in [5.41, 5.74) is 1.18. The van der Waals surface area contributed by atoms with Crippen molar-refractivity contribution in [1.82, 2.24) is 14.9 Å². The van der Waals surface area contributed by atoms with Gasteiger partial charge in [-0.3, -0.25) is 19.7 Å². The molecule has 22 heavy (non-hydrogen) atoms. The summed E-state index contributed by atoms with van der Waals surface area (Å²) in [5, 5.41) is 9.73. The smallest absolute Gasteiger partial charge is 0.310 e. The summed E-state index contributed by atoms with van der Waals surface area (Å²) in [7, 11) is 1.65. The van der Waals surface area contributed by atoms with E-state index in [1.165, 1.54) is 0 Å². The van der Waals surface area contributed by atoms with Crippen molar-refractivity contribution in [2.45, 2.75) is 39.2 Å². The molecule has 2 heterocycles. The summed E-state index contributed by atoms with van der Waals surface area (Å²) in [4.78, 5) is 22.7. The Morgan fingerprint density at radius 3 is 2.91 bits per heavy atom. The Labute approximate surface area is 131 Å². The lowest BCUT2D eigenvalue weighted by Gasteiger charge is -2.40. The second-order valence-electron chi connectivity index (χ2n) is 6.08. The van der Waals surface area contributed by atoms with Gasteiger partial charge in [0.25, 0.3) is 0 Å². The fourth-order valence-corrected chi connectivity index (χ4v) is 3.21. The van der Waals surface area contributed by atoms with Crippen molar-refractivity contribution in [1.29, 1.82) is 0 Å². The van der Waals surface area contributed by atoms with E-state index in [1.54, 1.807) is 19.5 Å². The molecule has 0 unspecified atom stereocenters. The molecule has 1 saturated heterocycles. The Balaban J connectivity index is 2.05. The summed E-state index contributed by atoms with van der Waals surface area (Å²) >= 11 is 0. The second-order valence-corrected chi connectivity index (χ2v) is 6.08. The van der Waals surface area contributed by atoms with E-state index in [9.17, 15) is 9.90 Å². The SMILES string of the molecule is COCCC[C@@]1(C(=O)O)CCCN(Cc2nccnc2C)C1. The van der Waals surface area contributed by atoms with Gasteiger partial charge in [0.05, 0.1) is 16.8 Å². The van der Waals surface area contributed by atoms with Crippen molar-refractivity contribution in [2.24, 2.45) is 5.41 Å². The van der Waals surface area contributed by atoms with Gasteiger partial charge in [0.2, 0.25) is 0 Å². The molecule has 6 nitrogen and oxygen atoms in total. The predicted molar refractivity (Wildman–Crippen MR) is 82.5 cm³/mol. The molecule has 1 aromatic heterocycles. The van der Waals surface area contributed by atoms with E-state index >= 15 is 0 Å². The van der Waals surface area contributed by atoms with Gasteiger partial charge in [-0.15, -0.1) is 0 Å². The zero-order valence-electron chi connectivity index (χ0n) is 13.4. The van der Waals surface area contributed by atoms with Crippen LogP contribution in [-0.2, 0) is 16.1 Å². The number of carbonyl (C=O) groups is 1. The number of piperidine rings is 1. The molecule has 1 fully saturated rings. The Hall–Kier alpha value is -1.53. The van der Waals surface area contributed by atoms with E-state index in [0.29, 0.717) is 26.1 Å². The molecule has 0 amide bonds. The molecule has 1 aliphatic heterocycles. The molecule has 0 radical (unpaired) electrons. The number of hydrogen-bond donors (Lipinski definition) is 1. The first-order chi connectivity index (χ1) is 10.6. The number of hydrogen-bond acceptors (Lipinski definition) is 5. The molecule has 0 spiro atoms. The highest BCUT2D eigenvalue weighted by atomic mass is 16.5. The normalized spacial score (nSPS) is 22.6. The highest BCUT2D eigenvalue weighted by Crippen LogP contribution is 2.35. The molecule has 1 aliphatic rings. The summed E-state index contributed by atoms with van der Waals surface area (Å²) in [5.74, 6) is -0.691. The minimum atomic E-state index is -0.691. The molecule has 0 saturated carbocycles. The van der Waals surface area contributed by atoms with Crippen LogP contribution >= 0.6 is 0 Å². The number of aromatic nitrogens is 2. The predicted octanol–water partition coefficient (Wildman–Crippen LogP) is 1.88. The van der Waals surface area contributed by atoms with Gasteiger partial charge in [-0.05, 0) is 39.2 Å². The van der Waals surface area contributed by atoms with Gasteiger partial charge < -0.3 is 9.84 Å². The average molecular weight is 307 g/mol. The minimum Gasteiger partial charge on any atom is -0.481 e. The van der Waals surface area contributed by atoms with Gasteiger partial charge in [-0.25, -0.2) is 0 Å². The Kier molecular flexibility index (Phi) is 5.85. The van der Waals surface area contributed by atoms with Crippen molar-refractivity contribution < 1.29 is 14.6 Å². The third-order valence-electron chi connectivity index (χ3n) is 4.47. The molecule has 0 aromatic carbocycles. The topological polar surface area (TPSA) is 75.6 Å². The molecule has 2 rings (SSSR count). The Morgan fingerprint density at radius 1 is 1.45 bits per heavy atom. The second kappa shape index (κ2) is 7.65. The van der Waals surface area contributed by atoms with Crippen LogP contribution in [0.1, 0.15) is 37.1 Å². The van der Waals surface area contributed by atoms with Gasteiger partial charge in [0.15, 0.2) is 0 Å². The number of aliphatic carboxylic acids is 1. The molecule has 1 atom stereocenters. The van der Waals surface area contributed by atoms with E-state index in [-0.39, 0.29) is 0 Å². The molecular formula is C16H25N3O3. The summed E-state index contributed by atoms with van der Waals surface area (Å²) < 4.78 is 5.07. The van der Waals surface area contributed by atoms with Crippen molar-refractivity contribution >= 4 is 5.97 Å². The van der Waals surface area contributed by atoms with Gasteiger partial charge in [-0.1, -0.05) is 0 Å². The maximum absolute atomic E-state index is 11.8. The van der Waals surface area contributed by atoms with Gasteiger partial charge >= 0.3 is 5.97 Å². The van der Waals surface area contributed by atoms with E-state index < -0.39 is 11.4 Å². The first-order valence-corrected chi connectivity index (χ1v) is 7.78. The number of likely N-dealkylation sites (tertiary alicyclic amines) is 1. The first kappa shape index (κ1) is 16.8. The number of methoxy groups -OCH3 is 1. The first-order valence-electron chi connectivity index (χ1n) is 7.78. The van der Waals surface area contributed by atoms with Crippen LogP contribution in [-0.4, -0.2) is 52.7 Å². The Morgan fingerprint density at radius 2 is 2.23 bits per heavy atom. The van der Waals surface area contributed by atoms with Crippen molar-refractivity contribution in [3.05, 3.63) is 23.8 Å². The third kappa shape index (κ3) is 4.01. The largest absolute Gasteiger partial charge is 0.481 e. The monoisotopic (exact) mass is 307 g/mol. The van der Waals surface area contributed by atoms with Crippen LogP contribution in [0.3, 0.4) is 0 Å². The molecule has 1 aromatic rings. The third-order valence-corrected chi connectivity index (χ3v) is 4.47. The van der Waals surface area contributed by atoms with Crippen LogP contribution in [0.4, 0.5) is 0 Å². The van der Waals surface area contributed by atoms with E-state index in [0.717, 1.165) is 37.2 Å². The van der Waals surface area contributed by atoms with Crippen molar-refractivity contribution in [3.63, 3.8) is 0 Å². The Bertz CT molecular complexity index is 509. The highest BCUT2D eigenvalue weighted by Gasteiger charge is 2.41. The van der Waals surface area contributed by atoms with E-state index in [4.69, 9.17) is 4.74 Å². The summed E-state index contributed by atoms with van der Waals surface area (Å²) in [6.45, 7) is 4.70. The number of carboxylic acid groups (broad SMARTS) is 1. The lowest BCUT2D eigenvalue weighted by atomic mass is 9.76. The number of carboxylic acids is 1. The van der Waals surface area contributed by atoms with Crippen LogP contribution < -0.4 is 0 Å². The van der Waals surface area contributed by atoms with Crippen LogP contribution in [0.25, 0.3) is 0 Å². The quantitative estimate of drug-likeness (QED) is 0.775. The molecule has 0 bridgehead atoms.